The van der Waals surface area contributed by atoms with E-state index < -0.39 is 23.2 Å². The number of thiazole rings is 1. The van der Waals surface area contributed by atoms with Crippen LogP contribution in [0.25, 0.3) is 21.3 Å². The molecule has 6 nitrogen and oxygen atoms in total. The lowest BCUT2D eigenvalue weighted by Crippen LogP contribution is -2.43. The van der Waals surface area contributed by atoms with Gasteiger partial charge in [0.1, 0.15) is 10.5 Å². The second kappa shape index (κ2) is 8.24. The molecule has 0 bridgehead atoms. The summed E-state index contributed by atoms with van der Waals surface area (Å²) < 4.78 is 39.8. The highest BCUT2D eigenvalue weighted by atomic mass is 32.1. The maximum absolute atomic E-state index is 13.0. The van der Waals surface area contributed by atoms with E-state index in [1.54, 1.807) is 24.3 Å². The van der Waals surface area contributed by atoms with E-state index in [0.29, 0.717) is 34.5 Å². The number of aromatic nitrogens is 1. The van der Waals surface area contributed by atoms with Gasteiger partial charge in [-0.1, -0.05) is 18.2 Å². The van der Waals surface area contributed by atoms with Gasteiger partial charge in [0.05, 0.1) is 34.8 Å². The van der Waals surface area contributed by atoms with Gasteiger partial charge >= 0.3 is 6.18 Å². The summed E-state index contributed by atoms with van der Waals surface area (Å²) in [4.78, 5) is 28.4. The monoisotopic (exact) mass is 458 g/mol. The van der Waals surface area contributed by atoms with Crippen molar-refractivity contribution in [1.82, 2.24) is 15.6 Å². The topological polar surface area (TPSA) is 94.9 Å². The SMILES string of the molecule is N#CC1(NC(=O)CNC(=O)Cc2nc3cc(-c4cccc(C(F)(F)F)c4)ccc3s2)CC1. The van der Waals surface area contributed by atoms with E-state index in [0.717, 1.165) is 16.8 Å². The predicted octanol–water partition coefficient (Wildman–Crippen LogP) is 3.81. The summed E-state index contributed by atoms with van der Waals surface area (Å²) in [5.41, 5.74) is 0.0813. The van der Waals surface area contributed by atoms with E-state index in [9.17, 15) is 22.8 Å². The molecule has 1 aliphatic rings. The number of hydrogen-bond donors (Lipinski definition) is 2. The molecule has 1 aromatic heterocycles. The smallest absolute Gasteiger partial charge is 0.347 e. The van der Waals surface area contributed by atoms with E-state index in [2.05, 4.69) is 15.6 Å². The number of nitrogens with zero attached hydrogens (tertiary/aromatic N) is 2. The number of fused-ring (bicyclic) bond motifs is 1. The summed E-state index contributed by atoms with van der Waals surface area (Å²) in [7, 11) is 0. The summed E-state index contributed by atoms with van der Waals surface area (Å²) in [6, 6.07) is 12.3. The third-order valence-corrected chi connectivity index (χ3v) is 6.09. The van der Waals surface area contributed by atoms with E-state index in [1.807, 2.05) is 6.07 Å². The standard InChI is InChI=1S/C22H17F3N4O2S/c23-22(24,25)15-3-1-2-13(8-15)14-4-5-17-16(9-14)28-20(32-17)10-18(30)27-11-19(31)29-21(12-26)6-7-21/h1-5,8-9H,6-7,10-11H2,(H,27,30)(H,29,31). The van der Waals surface area contributed by atoms with Gasteiger partial charge in [0.15, 0.2) is 0 Å². The number of alkyl halides is 3. The van der Waals surface area contributed by atoms with Crippen LogP contribution in [0.1, 0.15) is 23.4 Å². The quantitative estimate of drug-likeness (QED) is 0.587. The number of hydrogen-bond acceptors (Lipinski definition) is 5. The van der Waals surface area contributed by atoms with Crippen molar-refractivity contribution in [3.05, 3.63) is 53.0 Å². The zero-order chi connectivity index (χ0) is 22.9. The van der Waals surface area contributed by atoms with Gasteiger partial charge in [-0.25, -0.2) is 4.98 Å². The number of benzene rings is 2. The second-order valence-corrected chi connectivity index (χ2v) is 8.68. The maximum Gasteiger partial charge on any atom is 0.416 e. The van der Waals surface area contributed by atoms with Crippen molar-refractivity contribution in [3.63, 3.8) is 0 Å². The Morgan fingerprint density at radius 3 is 2.56 bits per heavy atom. The molecule has 1 heterocycles. The fraction of sp³-hybridized carbons (Fsp3) is 0.273. The predicted molar refractivity (Wildman–Crippen MR) is 112 cm³/mol. The number of halogens is 3. The van der Waals surface area contributed by atoms with Crippen molar-refractivity contribution in [2.45, 2.75) is 31.0 Å². The molecule has 10 heteroatoms. The van der Waals surface area contributed by atoms with Gasteiger partial charge in [0, 0.05) is 0 Å². The highest BCUT2D eigenvalue weighted by molar-refractivity contribution is 7.18. The van der Waals surface area contributed by atoms with Gasteiger partial charge in [-0.05, 0) is 48.2 Å². The number of nitriles is 1. The molecule has 1 saturated carbocycles. The number of rotatable bonds is 6. The molecule has 0 aliphatic heterocycles. The summed E-state index contributed by atoms with van der Waals surface area (Å²) in [5, 5.41) is 14.6. The number of amides is 2. The van der Waals surface area contributed by atoms with Gasteiger partial charge < -0.3 is 10.6 Å². The first kappa shape index (κ1) is 21.8. The summed E-state index contributed by atoms with van der Waals surface area (Å²) in [6.07, 6.45) is -3.24. The van der Waals surface area contributed by atoms with Crippen LogP contribution in [0.2, 0.25) is 0 Å². The molecular weight excluding hydrogens is 441 g/mol. The van der Waals surface area contributed by atoms with Crippen LogP contribution in [0.15, 0.2) is 42.5 Å². The fourth-order valence-corrected chi connectivity index (χ4v) is 4.13. The lowest BCUT2D eigenvalue weighted by molar-refractivity contribution is -0.137. The molecule has 0 unspecified atom stereocenters. The van der Waals surface area contributed by atoms with E-state index in [-0.39, 0.29) is 18.9 Å². The van der Waals surface area contributed by atoms with Crippen LogP contribution in [0.4, 0.5) is 13.2 Å². The molecular formula is C22H17F3N4O2S. The first-order valence-electron chi connectivity index (χ1n) is 9.73. The Kier molecular flexibility index (Phi) is 5.60. The molecule has 1 fully saturated rings. The molecule has 0 saturated heterocycles. The van der Waals surface area contributed by atoms with Crippen LogP contribution < -0.4 is 10.6 Å². The third-order valence-electron chi connectivity index (χ3n) is 5.06. The van der Waals surface area contributed by atoms with Crippen LogP contribution in [0, 0.1) is 11.3 Å². The fourth-order valence-electron chi connectivity index (χ4n) is 3.18. The van der Waals surface area contributed by atoms with Crippen molar-refractivity contribution in [3.8, 4) is 17.2 Å². The second-order valence-electron chi connectivity index (χ2n) is 7.56. The minimum atomic E-state index is -4.42. The Balaban J connectivity index is 1.41. The lowest BCUT2D eigenvalue weighted by Gasteiger charge is -2.09. The summed E-state index contributed by atoms with van der Waals surface area (Å²) in [6.45, 7) is -0.229. The normalized spacial score (nSPS) is 14.6. The molecule has 2 aromatic carbocycles. The van der Waals surface area contributed by atoms with Gasteiger partial charge in [-0.15, -0.1) is 11.3 Å². The Morgan fingerprint density at radius 2 is 1.88 bits per heavy atom. The Morgan fingerprint density at radius 1 is 1.12 bits per heavy atom. The van der Waals surface area contributed by atoms with Crippen molar-refractivity contribution in [1.29, 1.82) is 5.26 Å². The Labute approximate surface area is 185 Å². The molecule has 0 atom stereocenters. The van der Waals surface area contributed by atoms with Gasteiger partial charge in [-0.3, -0.25) is 9.59 Å². The third kappa shape index (κ3) is 4.89. The highest BCUT2D eigenvalue weighted by Crippen LogP contribution is 2.34. The van der Waals surface area contributed by atoms with Crippen LogP contribution in [0.3, 0.4) is 0 Å². The van der Waals surface area contributed by atoms with E-state index >= 15 is 0 Å². The number of carbonyl (C=O) groups is 2. The minimum absolute atomic E-state index is 0.0328. The molecule has 1 aliphatic carbocycles. The van der Waals surface area contributed by atoms with Crippen LogP contribution >= 0.6 is 11.3 Å². The Hall–Kier alpha value is -3.45. The molecule has 4 rings (SSSR count). The zero-order valence-electron chi connectivity index (χ0n) is 16.6. The van der Waals surface area contributed by atoms with Crippen LogP contribution in [-0.2, 0) is 22.2 Å². The van der Waals surface area contributed by atoms with Gasteiger partial charge in [0.25, 0.3) is 0 Å². The molecule has 2 N–H and O–H groups in total. The first-order chi connectivity index (χ1) is 15.2. The Bertz CT molecular complexity index is 1240. The average Bonchev–Trinajstić information content (AvgIpc) is 3.41. The molecule has 2 amide bonds. The largest absolute Gasteiger partial charge is 0.416 e. The van der Waals surface area contributed by atoms with Gasteiger partial charge in [0.2, 0.25) is 11.8 Å². The zero-order valence-corrected chi connectivity index (χ0v) is 17.4. The van der Waals surface area contributed by atoms with Crippen molar-refractivity contribution in [2.24, 2.45) is 0 Å². The number of nitrogens with one attached hydrogen (secondary N) is 2. The minimum Gasteiger partial charge on any atom is -0.347 e. The lowest BCUT2D eigenvalue weighted by atomic mass is 10.0. The van der Waals surface area contributed by atoms with Crippen LogP contribution in [-0.4, -0.2) is 28.9 Å². The maximum atomic E-state index is 13.0. The number of carbonyl (C=O) groups excluding carboxylic acids is 2. The average molecular weight is 458 g/mol. The molecule has 164 valence electrons. The highest BCUT2D eigenvalue weighted by Gasteiger charge is 2.44. The van der Waals surface area contributed by atoms with Crippen molar-refractivity contribution in [2.75, 3.05) is 6.54 Å². The molecule has 32 heavy (non-hydrogen) atoms. The van der Waals surface area contributed by atoms with E-state index in [1.165, 1.54) is 17.4 Å². The van der Waals surface area contributed by atoms with Crippen molar-refractivity contribution >= 4 is 33.4 Å². The van der Waals surface area contributed by atoms with E-state index in [4.69, 9.17) is 5.26 Å². The van der Waals surface area contributed by atoms with Gasteiger partial charge in [-0.2, -0.15) is 18.4 Å². The summed E-state index contributed by atoms with van der Waals surface area (Å²) >= 11 is 1.30. The van der Waals surface area contributed by atoms with Crippen LogP contribution in [0.5, 0.6) is 0 Å². The molecule has 0 spiro atoms. The molecule has 0 radical (unpaired) electrons. The molecule has 3 aromatic rings. The summed E-state index contributed by atoms with van der Waals surface area (Å²) in [5.74, 6) is -0.813. The van der Waals surface area contributed by atoms with Crippen molar-refractivity contribution < 1.29 is 22.8 Å². The first-order valence-corrected chi connectivity index (χ1v) is 10.6.